The van der Waals surface area contributed by atoms with Crippen molar-refractivity contribution in [3.63, 3.8) is 0 Å². The minimum Gasteiger partial charge on any atom is -0.497 e. The Bertz CT molecular complexity index is 488. The number of benzene rings is 1. The Kier molecular flexibility index (Phi) is 3.88. The highest BCUT2D eigenvalue weighted by atomic mass is 32.2. The molecule has 0 amide bonds. The smallest absolute Gasteiger partial charge is 0.243 e. The van der Waals surface area contributed by atoms with Crippen molar-refractivity contribution >= 4 is 10.0 Å². The first kappa shape index (κ1) is 12.5. The number of methoxy groups -OCH3 is 1. The van der Waals surface area contributed by atoms with E-state index < -0.39 is 10.0 Å². The van der Waals surface area contributed by atoms with Crippen LogP contribution in [0.5, 0.6) is 5.75 Å². The number of ether oxygens (including phenoxy) is 1. The van der Waals surface area contributed by atoms with Crippen molar-refractivity contribution in [3.8, 4) is 11.8 Å². The quantitative estimate of drug-likeness (QED) is 0.731. The molecule has 0 radical (unpaired) electrons. The highest BCUT2D eigenvalue weighted by Gasteiger charge is 2.19. The molecule has 0 N–H and O–H groups in total. The van der Waals surface area contributed by atoms with Gasteiger partial charge in [-0.2, -0.15) is 9.57 Å². The van der Waals surface area contributed by atoms with E-state index in [1.807, 2.05) is 0 Å². The SMILES string of the molecule is COc1ccc(S(=O)(=O)N(C)CC#N)cc1. The van der Waals surface area contributed by atoms with Crippen LogP contribution < -0.4 is 4.74 Å². The first-order chi connectivity index (χ1) is 7.52. The second-order valence-electron chi connectivity index (χ2n) is 3.09. The fourth-order valence-electron chi connectivity index (χ4n) is 1.11. The molecule has 16 heavy (non-hydrogen) atoms. The van der Waals surface area contributed by atoms with Crippen molar-refractivity contribution in [2.24, 2.45) is 0 Å². The van der Waals surface area contributed by atoms with E-state index in [9.17, 15) is 8.42 Å². The Morgan fingerprint density at radius 1 is 1.38 bits per heavy atom. The van der Waals surface area contributed by atoms with Gasteiger partial charge in [0, 0.05) is 7.05 Å². The van der Waals surface area contributed by atoms with Gasteiger partial charge in [0.25, 0.3) is 0 Å². The summed E-state index contributed by atoms with van der Waals surface area (Å²) in [5, 5.41) is 8.45. The van der Waals surface area contributed by atoms with Crippen molar-refractivity contribution < 1.29 is 13.2 Å². The topological polar surface area (TPSA) is 70.4 Å². The molecule has 0 fully saturated rings. The highest BCUT2D eigenvalue weighted by molar-refractivity contribution is 7.89. The number of nitrogens with zero attached hydrogens (tertiary/aromatic N) is 2. The lowest BCUT2D eigenvalue weighted by Gasteiger charge is -2.13. The lowest BCUT2D eigenvalue weighted by Crippen LogP contribution is -2.27. The van der Waals surface area contributed by atoms with E-state index in [4.69, 9.17) is 10.00 Å². The normalized spacial score (nSPS) is 11.1. The van der Waals surface area contributed by atoms with Crippen molar-refractivity contribution in [3.05, 3.63) is 24.3 Å². The van der Waals surface area contributed by atoms with Crippen LogP contribution in [0.25, 0.3) is 0 Å². The van der Waals surface area contributed by atoms with Crippen molar-refractivity contribution in [2.75, 3.05) is 20.7 Å². The Morgan fingerprint density at radius 2 is 1.94 bits per heavy atom. The molecule has 1 rings (SSSR count). The average molecular weight is 240 g/mol. The first-order valence-electron chi connectivity index (χ1n) is 4.49. The van der Waals surface area contributed by atoms with Gasteiger partial charge in [0.15, 0.2) is 0 Å². The predicted octanol–water partition coefficient (Wildman–Crippen LogP) is 0.839. The predicted molar refractivity (Wildman–Crippen MR) is 58.4 cm³/mol. The van der Waals surface area contributed by atoms with E-state index in [1.165, 1.54) is 26.3 Å². The third kappa shape index (κ3) is 2.51. The van der Waals surface area contributed by atoms with E-state index in [0.29, 0.717) is 5.75 Å². The molecule has 0 unspecified atom stereocenters. The third-order valence-corrected chi connectivity index (χ3v) is 3.88. The summed E-state index contributed by atoms with van der Waals surface area (Å²) in [7, 11) is -0.702. The summed E-state index contributed by atoms with van der Waals surface area (Å²) in [5.74, 6) is 0.585. The molecule has 86 valence electrons. The summed E-state index contributed by atoms with van der Waals surface area (Å²) < 4.78 is 29.6. The number of rotatable bonds is 4. The van der Waals surface area contributed by atoms with Gasteiger partial charge in [-0.15, -0.1) is 0 Å². The molecule has 0 aliphatic carbocycles. The Balaban J connectivity index is 3.04. The second kappa shape index (κ2) is 4.96. The van der Waals surface area contributed by atoms with Crippen LogP contribution in [-0.4, -0.2) is 33.4 Å². The molecule has 0 spiro atoms. The van der Waals surface area contributed by atoms with Gasteiger partial charge in [-0.3, -0.25) is 0 Å². The maximum Gasteiger partial charge on any atom is 0.243 e. The van der Waals surface area contributed by atoms with Gasteiger partial charge in [-0.05, 0) is 24.3 Å². The van der Waals surface area contributed by atoms with Crippen LogP contribution in [0.3, 0.4) is 0 Å². The summed E-state index contributed by atoms with van der Waals surface area (Å²) in [6.07, 6.45) is 0. The molecular formula is C10H12N2O3S. The number of nitriles is 1. The lowest BCUT2D eigenvalue weighted by atomic mass is 10.3. The summed E-state index contributed by atoms with van der Waals surface area (Å²) in [4.78, 5) is 0.144. The minimum absolute atomic E-state index is 0.144. The molecule has 0 atom stereocenters. The number of hydrogen-bond donors (Lipinski definition) is 0. The molecule has 0 aliphatic heterocycles. The van der Waals surface area contributed by atoms with Gasteiger partial charge in [0.2, 0.25) is 10.0 Å². The molecule has 0 saturated heterocycles. The van der Waals surface area contributed by atoms with Crippen LogP contribution in [0.2, 0.25) is 0 Å². The maximum absolute atomic E-state index is 11.9. The van der Waals surface area contributed by atoms with E-state index >= 15 is 0 Å². The largest absolute Gasteiger partial charge is 0.497 e. The van der Waals surface area contributed by atoms with Crippen LogP contribution in [-0.2, 0) is 10.0 Å². The summed E-state index contributed by atoms with van der Waals surface area (Å²) in [6.45, 7) is -0.172. The first-order valence-corrected chi connectivity index (χ1v) is 5.93. The molecule has 0 aliphatic rings. The molecule has 6 heteroatoms. The van der Waals surface area contributed by atoms with Crippen molar-refractivity contribution in [2.45, 2.75) is 4.90 Å². The third-order valence-electron chi connectivity index (χ3n) is 2.06. The van der Waals surface area contributed by atoms with Gasteiger partial charge >= 0.3 is 0 Å². The number of hydrogen-bond acceptors (Lipinski definition) is 4. The van der Waals surface area contributed by atoms with Gasteiger partial charge in [-0.1, -0.05) is 0 Å². The molecule has 0 saturated carbocycles. The average Bonchev–Trinajstić information content (AvgIpc) is 2.29. The molecule has 0 bridgehead atoms. The standard InChI is InChI=1S/C10H12N2O3S/c1-12(8-7-11)16(13,14)10-5-3-9(15-2)4-6-10/h3-6H,8H2,1-2H3. The highest BCUT2D eigenvalue weighted by Crippen LogP contribution is 2.18. The Labute approximate surface area is 94.9 Å². The van der Waals surface area contributed by atoms with E-state index in [2.05, 4.69) is 0 Å². The monoisotopic (exact) mass is 240 g/mol. The van der Waals surface area contributed by atoms with E-state index in [1.54, 1.807) is 18.2 Å². The van der Waals surface area contributed by atoms with E-state index in [-0.39, 0.29) is 11.4 Å². The Morgan fingerprint density at radius 3 is 2.38 bits per heavy atom. The summed E-state index contributed by atoms with van der Waals surface area (Å²) >= 11 is 0. The van der Waals surface area contributed by atoms with E-state index in [0.717, 1.165) is 4.31 Å². The van der Waals surface area contributed by atoms with Gasteiger partial charge in [-0.25, -0.2) is 8.42 Å². The number of sulfonamides is 1. The van der Waals surface area contributed by atoms with Crippen LogP contribution in [0.15, 0.2) is 29.2 Å². The van der Waals surface area contributed by atoms with Crippen LogP contribution in [0.4, 0.5) is 0 Å². The molecule has 0 aromatic heterocycles. The van der Waals surface area contributed by atoms with Crippen molar-refractivity contribution in [1.29, 1.82) is 5.26 Å². The molecule has 1 aromatic rings. The van der Waals surface area contributed by atoms with Gasteiger partial charge in [0.1, 0.15) is 12.3 Å². The van der Waals surface area contributed by atoms with Crippen molar-refractivity contribution in [1.82, 2.24) is 4.31 Å². The zero-order valence-electron chi connectivity index (χ0n) is 9.04. The minimum atomic E-state index is -3.57. The molecule has 5 nitrogen and oxygen atoms in total. The fourth-order valence-corrected chi connectivity index (χ4v) is 2.18. The Hall–Kier alpha value is -1.58. The molecular weight excluding hydrogens is 228 g/mol. The molecule has 1 aromatic carbocycles. The van der Waals surface area contributed by atoms with Crippen LogP contribution in [0.1, 0.15) is 0 Å². The van der Waals surface area contributed by atoms with Crippen LogP contribution >= 0.6 is 0 Å². The van der Waals surface area contributed by atoms with Crippen LogP contribution in [0, 0.1) is 11.3 Å². The summed E-state index contributed by atoms with van der Waals surface area (Å²) in [5.41, 5.74) is 0. The zero-order chi connectivity index (χ0) is 12.2. The zero-order valence-corrected chi connectivity index (χ0v) is 9.86. The lowest BCUT2D eigenvalue weighted by molar-refractivity contribution is 0.414. The fraction of sp³-hybridized carbons (Fsp3) is 0.300. The maximum atomic E-state index is 11.9. The second-order valence-corrected chi connectivity index (χ2v) is 5.14. The molecule has 0 heterocycles. The summed E-state index contributed by atoms with van der Waals surface area (Å²) in [6, 6.07) is 7.81. The van der Waals surface area contributed by atoms with Gasteiger partial charge < -0.3 is 4.74 Å². The van der Waals surface area contributed by atoms with Gasteiger partial charge in [0.05, 0.1) is 18.1 Å².